The highest BCUT2D eigenvalue weighted by atomic mass is 32.2. The molecule has 2 aromatic rings. The summed E-state index contributed by atoms with van der Waals surface area (Å²) < 4.78 is 0.599. The number of nitrogens with zero attached hydrogens (tertiary/aromatic N) is 2. The number of carbonyl (C=O) groups excluding carboxylic acids is 3. The topological polar surface area (TPSA) is 113 Å². The number of hydrogen-bond acceptors (Lipinski definition) is 7. The molecule has 3 N–H and O–H groups in total. The molecule has 0 aliphatic rings. The molecule has 1 aromatic heterocycles. The van der Waals surface area contributed by atoms with Gasteiger partial charge in [0.05, 0.1) is 5.75 Å². The minimum Gasteiger partial charge on any atom is -0.326 e. The van der Waals surface area contributed by atoms with Crippen LogP contribution in [0.3, 0.4) is 0 Å². The second-order valence-electron chi connectivity index (χ2n) is 5.97. The minimum atomic E-state index is -0.206. The molecule has 10 heteroatoms. The molecule has 1 heterocycles. The van der Waals surface area contributed by atoms with Gasteiger partial charge in [-0.25, -0.2) is 0 Å². The largest absolute Gasteiger partial charge is 0.326 e. The fourth-order valence-electron chi connectivity index (χ4n) is 2.39. The minimum absolute atomic E-state index is 0.0426. The SMILES string of the molecule is CCC(CC)C(=O)Nc1nnc(SCC(=O)Nc2cccc(NC(C)=O)c2)s1. The van der Waals surface area contributed by atoms with E-state index in [-0.39, 0.29) is 29.4 Å². The van der Waals surface area contributed by atoms with Crippen molar-refractivity contribution in [2.75, 3.05) is 21.7 Å². The number of hydrogen-bond donors (Lipinski definition) is 3. The van der Waals surface area contributed by atoms with Crippen LogP contribution >= 0.6 is 23.1 Å². The quantitative estimate of drug-likeness (QED) is 0.421. The number of nitrogens with one attached hydrogen (secondary N) is 3. The number of carbonyl (C=O) groups is 3. The van der Waals surface area contributed by atoms with E-state index in [2.05, 4.69) is 26.1 Å². The highest BCUT2D eigenvalue weighted by Crippen LogP contribution is 2.26. The van der Waals surface area contributed by atoms with Crippen molar-refractivity contribution in [3.8, 4) is 0 Å². The predicted octanol–water partition coefficient (Wildman–Crippen LogP) is 3.60. The van der Waals surface area contributed by atoms with Gasteiger partial charge in [-0.3, -0.25) is 14.4 Å². The van der Waals surface area contributed by atoms with E-state index in [0.717, 1.165) is 12.8 Å². The number of aromatic nitrogens is 2. The lowest BCUT2D eigenvalue weighted by molar-refractivity contribution is -0.120. The molecule has 0 radical (unpaired) electrons. The third-order valence-electron chi connectivity index (χ3n) is 3.79. The highest BCUT2D eigenvalue weighted by Gasteiger charge is 2.16. The standard InChI is InChI=1S/C18H23N5O3S2/c1-4-12(5-2)16(26)21-17-22-23-18(28-17)27-10-15(25)20-14-8-6-7-13(9-14)19-11(3)24/h6-9,12H,4-5,10H2,1-3H3,(H,19,24)(H,20,25)(H,21,22,26). The van der Waals surface area contributed by atoms with Gasteiger partial charge in [0.15, 0.2) is 4.34 Å². The van der Waals surface area contributed by atoms with Crippen LogP contribution < -0.4 is 16.0 Å². The van der Waals surface area contributed by atoms with E-state index in [1.807, 2.05) is 13.8 Å². The third-order valence-corrected chi connectivity index (χ3v) is 5.76. The molecule has 0 bridgehead atoms. The Labute approximate surface area is 171 Å². The maximum Gasteiger partial charge on any atom is 0.234 e. The van der Waals surface area contributed by atoms with Gasteiger partial charge in [0.1, 0.15) is 0 Å². The molecule has 0 unspecified atom stereocenters. The summed E-state index contributed by atoms with van der Waals surface area (Å²) in [5.74, 6) is -0.335. The molecule has 3 amide bonds. The number of amides is 3. The first-order valence-corrected chi connectivity index (χ1v) is 10.7. The van der Waals surface area contributed by atoms with Crippen LogP contribution in [0.1, 0.15) is 33.6 Å². The first-order chi connectivity index (χ1) is 13.4. The van der Waals surface area contributed by atoms with Gasteiger partial charge in [0.25, 0.3) is 0 Å². The summed E-state index contributed by atoms with van der Waals surface area (Å²) in [6, 6.07) is 6.91. The van der Waals surface area contributed by atoms with Gasteiger partial charge < -0.3 is 16.0 Å². The van der Waals surface area contributed by atoms with Gasteiger partial charge >= 0.3 is 0 Å². The predicted molar refractivity (Wildman–Crippen MR) is 113 cm³/mol. The molecule has 150 valence electrons. The first kappa shape index (κ1) is 21.8. The molecule has 0 spiro atoms. The molecule has 1 aromatic carbocycles. The van der Waals surface area contributed by atoms with Crippen molar-refractivity contribution >= 4 is 57.3 Å². The summed E-state index contributed by atoms with van der Waals surface area (Å²) in [5.41, 5.74) is 1.20. The van der Waals surface area contributed by atoms with E-state index in [1.54, 1.807) is 24.3 Å². The molecular weight excluding hydrogens is 398 g/mol. The molecule has 0 saturated heterocycles. The summed E-state index contributed by atoms with van der Waals surface area (Å²) >= 11 is 2.48. The average molecular weight is 422 g/mol. The second kappa shape index (κ2) is 10.8. The van der Waals surface area contributed by atoms with E-state index >= 15 is 0 Å². The van der Waals surface area contributed by atoms with Crippen molar-refractivity contribution in [1.29, 1.82) is 0 Å². The summed E-state index contributed by atoms with van der Waals surface area (Å²) in [5, 5.41) is 16.6. The molecule has 28 heavy (non-hydrogen) atoms. The van der Waals surface area contributed by atoms with Gasteiger partial charge in [-0.05, 0) is 31.0 Å². The molecule has 0 saturated carbocycles. The Balaban J connectivity index is 1.84. The fraction of sp³-hybridized carbons (Fsp3) is 0.389. The zero-order chi connectivity index (χ0) is 20.5. The maximum atomic E-state index is 12.1. The van der Waals surface area contributed by atoms with E-state index < -0.39 is 0 Å². The van der Waals surface area contributed by atoms with E-state index in [4.69, 9.17) is 0 Å². The number of anilines is 3. The molecule has 0 aliphatic heterocycles. The van der Waals surface area contributed by atoms with Crippen LogP contribution in [-0.4, -0.2) is 33.7 Å². The highest BCUT2D eigenvalue weighted by molar-refractivity contribution is 8.01. The Morgan fingerprint density at radius 2 is 1.75 bits per heavy atom. The average Bonchev–Trinajstić information content (AvgIpc) is 3.08. The van der Waals surface area contributed by atoms with Crippen LogP contribution in [0.15, 0.2) is 28.6 Å². The van der Waals surface area contributed by atoms with E-state index in [0.29, 0.717) is 20.8 Å². The van der Waals surface area contributed by atoms with Crippen LogP contribution in [0.5, 0.6) is 0 Å². The summed E-state index contributed by atoms with van der Waals surface area (Å²) in [6.45, 7) is 5.37. The summed E-state index contributed by atoms with van der Waals surface area (Å²) in [4.78, 5) is 35.3. The Bertz CT molecular complexity index is 836. The Morgan fingerprint density at radius 1 is 1.07 bits per heavy atom. The second-order valence-corrected chi connectivity index (χ2v) is 8.17. The fourth-order valence-corrected chi connectivity index (χ4v) is 3.94. The molecule has 8 nitrogen and oxygen atoms in total. The Morgan fingerprint density at radius 3 is 2.39 bits per heavy atom. The van der Waals surface area contributed by atoms with Crippen molar-refractivity contribution < 1.29 is 14.4 Å². The normalized spacial score (nSPS) is 10.6. The zero-order valence-corrected chi connectivity index (χ0v) is 17.6. The maximum absolute atomic E-state index is 12.1. The van der Waals surface area contributed by atoms with Crippen molar-refractivity contribution in [2.24, 2.45) is 5.92 Å². The number of rotatable bonds is 9. The lowest BCUT2D eigenvalue weighted by Crippen LogP contribution is -2.21. The van der Waals surface area contributed by atoms with Crippen LogP contribution in [0, 0.1) is 5.92 Å². The monoisotopic (exact) mass is 421 g/mol. The number of thioether (sulfide) groups is 1. The third kappa shape index (κ3) is 6.93. The molecule has 0 aliphatic carbocycles. The van der Waals surface area contributed by atoms with Gasteiger partial charge in [-0.2, -0.15) is 0 Å². The Hall–Kier alpha value is -2.46. The van der Waals surface area contributed by atoms with Gasteiger partial charge in [-0.1, -0.05) is 43.0 Å². The van der Waals surface area contributed by atoms with Gasteiger partial charge in [0, 0.05) is 24.2 Å². The van der Waals surface area contributed by atoms with E-state index in [1.165, 1.54) is 30.0 Å². The van der Waals surface area contributed by atoms with Crippen molar-refractivity contribution in [3.05, 3.63) is 24.3 Å². The van der Waals surface area contributed by atoms with Crippen molar-refractivity contribution in [1.82, 2.24) is 10.2 Å². The van der Waals surface area contributed by atoms with Crippen LogP contribution in [-0.2, 0) is 14.4 Å². The smallest absolute Gasteiger partial charge is 0.234 e. The Kier molecular flexibility index (Phi) is 8.40. The summed E-state index contributed by atoms with van der Waals surface area (Å²) in [7, 11) is 0. The first-order valence-electron chi connectivity index (χ1n) is 8.85. The van der Waals surface area contributed by atoms with E-state index in [9.17, 15) is 14.4 Å². The molecule has 0 fully saturated rings. The molecule has 2 rings (SSSR count). The molecular formula is C18H23N5O3S2. The van der Waals surface area contributed by atoms with Crippen LogP contribution in [0.2, 0.25) is 0 Å². The zero-order valence-electron chi connectivity index (χ0n) is 15.9. The summed E-state index contributed by atoms with van der Waals surface area (Å²) in [6.07, 6.45) is 1.54. The van der Waals surface area contributed by atoms with Crippen molar-refractivity contribution in [3.63, 3.8) is 0 Å². The lowest BCUT2D eigenvalue weighted by Gasteiger charge is -2.09. The van der Waals surface area contributed by atoms with Crippen molar-refractivity contribution in [2.45, 2.75) is 38.0 Å². The molecule has 0 atom stereocenters. The van der Waals surface area contributed by atoms with Crippen LogP contribution in [0.25, 0.3) is 0 Å². The van der Waals surface area contributed by atoms with Crippen LogP contribution in [0.4, 0.5) is 16.5 Å². The van der Waals surface area contributed by atoms with Gasteiger partial charge in [0.2, 0.25) is 22.9 Å². The number of benzene rings is 1. The van der Waals surface area contributed by atoms with Gasteiger partial charge in [-0.15, -0.1) is 10.2 Å². The lowest BCUT2D eigenvalue weighted by atomic mass is 10.0.